The number of carbonyl (C=O) groups excluding carboxylic acids is 1. The molecule has 2 saturated heterocycles. The standard InChI is InChI=1S/C14H22O2S/c1-2-3-4-8-14(15)11-9-12-6-5-7-13(10-11)17(12)16/h2,11-13H,1,3-10H2. The first-order valence-corrected chi connectivity index (χ1v) is 8.03. The summed E-state index contributed by atoms with van der Waals surface area (Å²) in [7, 11) is -0.649. The Kier molecular flexibility index (Phi) is 4.55. The van der Waals surface area contributed by atoms with Crippen LogP contribution >= 0.6 is 0 Å². The quantitative estimate of drug-likeness (QED) is 0.558. The van der Waals surface area contributed by atoms with E-state index in [1.54, 1.807) is 0 Å². The summed E-state index contributed by atoms with van der Waals surface area (Å²) in [5.74, 6) is 0.605. The van der Waals surface area contributed by atoms with Gasteiger partial charge in [-0.2, -0.15) is 0 Å². The normalized spacial score (nSPS) is 36.5. The van der Waals surface area contributed by atoms with Crippen LogP contribution in [-0.2, 0) is 15.6 Å². The Morgan fingerprint density at radius 3 is 2.53 bits per heavy atom. The number of ketones is 1. The maximum Gasteiger partial charge on any atom is 0.136 e. The maximum atomic E-state index is 12.1. The molecule has 0 aromatic carbocycles. The molecule has 3 heteroatoms. The number of rotatable bonds is 5. The monoisotopic (exact) mass is 254 g/mol. The molecule has 0 radical (unpaired) electrons. The molecule has 2 aliphatic heterocycles. The van der Waals surface area contributed by atoms with Gasteiger partial charge in [-0.3, -0.25) is 9.00 Å². The Labute approximate surface area is 106 Å². The average Bonchev–Trinajstić information content (AvgIpc) is 2.28. The predicted molar refractivity (Wildman–Crippen MR) is 71.3 cm³/mol. The van der Waals surface area contributed by atoms with Crippen LogP contribution in [0.2, 0.25) is 0 Å². The van der Waals surface area contributed by atoms with Gasteiger partial charge in [-0.1, -0.05) is 12.5 Å². The fourth-order valence-corrected chi connectivity index (χ4v) is 5.31. The Hall–Kier alpha value is -0.440. The number of carbonyl (C=O) groups is 1. The Balaban J connectivity index is 1.88. The Morgan fingerprint density at radius 1 is 1.29 bits per heavy atom. The molecule has 2 aliphatic rings. The SMILES string of the molecule is C=CCCCC(=O)C1CC2CCCC(C1)S2=O. The summed E-state index contributed by atoms with van der Waals surface area (Å²) < 4.78 is 12.0. The third kappa shape index (κ3) is 3.06. The minimum absolute atomic E-state index is 0.202. The maximum absolute atomic E-state index is 12.1. The number of allylic oxidation sites excluding steroid dienone is 1. The van der Waals surface area contributed by atoms with Gasteiger partial charge < -0.3 is 0 Å². The zero-order valence-corrected chi connectivity index (χ0v) is 11.2. The minimum atomic E-state index is -0.649. The lowest BCUT2D eigenvalue weighted by Gasteiger charge is -2.37. The van der Waals surface area contributed by atoms with Crippen molar-refractivity contribution in [1.29, 1.82) is 0 Å². The molecule has 2 rings (SSSR count). The Bertz CT molecular complexity index is 308. The molecule has 17 heavy (non-hydrogen) atoms. The van der Waals surface area contributed by atoms with Crippen LogP contribution in [0.3, 0.4) is 0 Å². The highest BCUT2D eigenvalue weighted by Crippen LogP contribution is 2.37. The second-order valence-corrected chi connectivity index (χ2v) is 7.31. The fraction of sp³-hybridized carbons (Fsp3) is 0.786. The first-order chi connectivity index (χ1) is 8.22. The third-order valence-corrected chi connectivity index (χ3v) is 6.26. The van der Waals surface area contributed by atoms with Crippen molar-refractivity contribution < 1.29 is 9.00 Å². The topological polar surface area (TPSA) is 34.1 Å². The van der Waals surface area contributed by atoms with Crippen molar-refractivity contribution in [2.24, 2.45) is 5.92 Å². The van der Waals surface area contributed by atoms with Gasteiger partial charge in [-0.25, -0.2) is 0 Å². The van der Waals surface area contributed by atoms with Crippen LogP contribution in [0.1, 0.15) is 51.4 Å². The number of Topliss-reactive ketones (excluding diaryl/α,β-unsaturated/α-hetero) is 1. The van der Waals surface area contributed by atoms with E-state index in [9.17, 15) is 9.00 Å². The van der Waals surface area contributed by atoms with Crippen molar-refractivity contribution in [2.75, 3.05) is 0 Å². The molecule has 2 unspecified atom stereocenters. The van der Waals surface area contributed by atoms with Crippen molar-refractivity contribution in [3.63, 3.8) is 0 Å². The molecule has 0 N–H and O–H groups in total. The number of unbranched alkanes of at least 4 members (excludes halogenated alkanes) is 1. The van der Waals surface area contributed by atoms with E-state index in [4.69, 9.17) is 0 Å². The van der Waals surface area contributed by atoms with Gasteiger partial charge in [0.05, 0.1) is 0 Å². The zero-order chi connectivity index (χ0) is 12.3. The second-order valence-electron chi connectivity index (χ2n) is 5.32. The first-order valence-electron chi connectivity index (χ1n) is 6.75. The van der Waals surface area contributed by atoms with E-state index in [0.717, 1.165) is 38.5 Å². The van der Waals surface area contributed by atoms with Gasteiger partial charge >= 0.3 is 0 Å². The molecule has 2 fully saturated rings. The molecular weight excluding hydrogens is 232 g/mol. The molecule has 0 spiro atoms. The van der Waals surface area contributed by atoms with Crippen molar-refractivity contribution in [3.8, 4) is 0 Å². The van der Waals surface area contributed by atoms with Gasteiger partial charge in [0.25, 0.3) is 0 Å². The van der Waals surface area contributed by atoms with Gasteiger partial charge in [0.1, 0.15) is 5.78 Å². The van der Waals surface area contributed by atoms with Crippen LogP contribution in [0.4, 0.5) is 0 Å². The van der Waals surface area contributed by atoms with Crippen molar-refractivity contribution in [2.45, 2.75) is 61.9 Å². The van der Waals surface area contributed by atoms with E-state index in [1.165, 1.54) is 6.42 Å². The fourth-order valence-electron chi connectivity index (χ4n) is 3.12. The van der Waals surface area contributed by atoms with Crippen molar-refractivity contribution >= 4 is 16.6 Å². The third-order valence-electron chi connectivity index (χ3n) is 4.09. The number of hydrogen-bond donors (Lipinski definition) is 0. The lowest BCUT2D eigenvalue weighted by molar-refractivity contribution is -0.123. The number of fused-ring (bicyclic) bond motifs is 2. The smallest absolute Gasteiger partial charge is 0.136 e. The van der Waals surface area contributed by atoms with E-state index >= 15 is 0 Å². The van der Waals surface area contributed by atoms with E-state index in [-0.39, 0.29) is 5.92 Å². The molecule has 0 aromatic rings. The summed E-state index contributed by atoms with van der Waals surface area (Å²) in [6.07, 6.45) is 9.53. The van der Waals surface area contributed by atoms with Crippen LogP contribution in [0, 0.1) is 5.92 Å². The lowest BCUT2D eigenvalue weighted by atomic mass is 9.85. The summed E-state index contributed by atoms with van der Waals surface area (Å²) in [5.41, 5.74) is 0. The highest BCUT2D eigenvalue weighted by Gasteiger charge is 2.39. The molecule has 0 saturated carbocycles. The van der Waals surface area contributed by atoms with E-state index < -0.39 is 10.8 Å². The zero-order valence-electron chi connectivity index (χ0n) is 10.4. The van der Waals surface area contributed by atoms with Crippen LogP contribution in [0.15, 0.2) is 12.7 Å². The lowest BCUT2D eigenvalue weighted by Crippen LogP contribution is -2.41. The minimum Gasteiger partial charge on any atom is -0.299 e. The number of hydrogen-bond acceptors (Lipinski definition) is 2. The average molecular weight is 254 g/mol. The van der Waals surface area contributed by atoms with Gasteiger partial charge in [0.15, 0.2) is 0 Å². The molecular formula is C14H22O2S. The molecule has 0 amide bonds. The van der Waals surface area contributed by atoms with E-state index in [1.807, 2.05) is 6.08 Å². The van der Waals surface area contributed by atoms with Gasteiger partial charge in [-0.05, 0) is 38.5 Å². The van der Waals surface area contributed by atoms with Gasteiger partial charge in [0, 0.05) is 33.6 Å². The summed E-state index contributed by atoms with van der Waals surface area (Å²) in [6.45, 7) is 3.67. The second kappa shape index (κ2) is 5.94. The molecule has 2 heterocycles. The van der Waals surface area contributed by atoms with Crippen molar-refractivity contribution in [1.82, 2.24) is 0 Å². The molecule has 96 valence electrons. The largest absolute Gasteiger partial charge is 0.299 e. The van der Waals surface area contributed by atoms with Crippen LogP contribution in [0.25, 0.3) is 0 Å². The predicted octanol–water partition coefficient (Wildman–Crippen LogP) is 2.99. The summed E-state index contributed by atoms with van der Waals surface area (Å²) >= 11 is 0. The molecule has 2 bridgehead atoms. The summed E-state index contributed by atoms with van der Waals surface area (Å²) in [4.78, 5) is 12.1. The molecule has 0 aliphatic carbocycles. The summed E-state index contributed by atoms with van der Waals surface area (Å²) in [6, 6.07) is 0. The van der Waals surface area contributed by atoms with E-state index in [2.05, 4.69) is 6.58 Å². The molecule has 0 aromatic heterocycles. The summed E-state index contributed by atoms with van der Waals surface area (Å²) in [5, 5.41) is 0.631. The molecule has 2 nitrogen and oxygen atoms in total. The highest BCUT2D eigenvalue weighted by molar-refractivity contribution is 7.86. The van der Waals surface area contributed by atoms with Crippen LogP contribution < -0.4 is 0 Å². The first kappa shape index (κ1) is 13.0. The highest BCUT2D eigenvalue weighted by atomic mass is 32.2. The Morgan fingerprint density at radius 2 is 1.94 bits per heavy atom. The van der Waals surface area contributed by atoms with Crippen LogP contribution in [-0.4, -0.2) is 20.5 Å². The van der Waals surface area contributed by atoms with Gasteiger partial charge in [0.2, 0.25) is 0 Å². The van der Waals surface area contributed by atoms with Gasteiger partial charge in [-0.15, -0.1) is 6.58 Å². The molecule has 2 atom stereocenters. The van der Waals surface area contributed by atoms with E-state index in [0.29, 0.717) is 22.7 Å². The van der Waals surface area contributed by atoms with Crippen molar-refractivity contribution in [3.05, 3.63) is 12.7 Å². The van der Waals surface area contributed by atoms with Crippen LogP contribution in [0.5, 0.6) is 0 Å².